The molecule has 2 aromatic heterocycles. The summed E-state index contributed by atoms with van der Waals surface area (Å²) in [6.45, 7) is 3.80. The second-order valence-corrected chi connectivity index (χ2v) is 5.30. The minimum absolute atomic E-state index is 0.0273. The molecule has 110 valence electrons. The Bertz CT molecular complexity index is 648. The molecule has 0 unspecified atom stereocenters. The number of aromatic nitrogens is 4. The fourth-order valence-corrected chi connectivity index (χ4v) is 1.90. The van der Waals surface area contributed by atoms with Crippen LogP contribution in [0, 0.1) is 0 Å². The molecule has 1 fully saturated rings. The molecule has 7 nitrogen and oxygen atoms in total. The minimum atomic E-state index is -0.375. The van der Waals surface area contributed by atoms with Gasteiger partial charge in [0.15, 0.2) is 0 Å². The second-order valence-electron chi connectivity index (χ2n) is 5.30. The van der Waals surface area contributed by atoms with Gasteiger partial charge in [0.05, 0.1) is 6.10 Å². The number of rotatable bonds is 5. The molecule has 1 aliphatic rings. The van der Waals surface area contributed by atoms with E-state index >= 15 is 0 Å². The van der Waals surface area contributed by atoms with Gasteiger partial charge in [-0.1, -0.05) is 0 Å². The van der Waals surface area contributed by atoms with E-state index in [2.05, 4.69) is 25.5 Å². The van der Waals surface area contributed by atoms with Crippen LogP contribution in [-0.4, -0.2) is 32.2 Å². The molecule has 0 atom stereocenters. The first-order valence-electron chi connectivity index (χ1n) is 6.99. The largest absolute Gasteiger partial charge is 0.473 e. The lowest BCUT2D eigenvalue weighted by Crippen LogP contribution is -2.16. The minimum Gasteiger partial charge on any atom is -0.473 e. The van der Waals surface area contributed by atoms with Crippen molar-refractivity contribution >= 4 is 11.6 Å². The normalized spacial score (nSPS) is 14.2. The van der Waals surface area contributed by atoms with Gasteiger partial charge >= 0.3 is 0 Å². The molecular formula is C14H17N5O2. The molecule has 1 aliphatic carbocycles. The number of nitrogens with one attached hydrogen (secondary N) is 2. The molecule has 21 heavy (non-hydrogen) atoms. The van der Waals surface area contributed by atoms with Crippen LogP contribution in [0.25, 0.3) is 0 Å². The van der Waals surface area contributed by atoms with E-state index < -0.39 is 0 Å². The number of amides is 1. The Balaban J connectivity index is 1.74. The Hall–Kier alpha value is -2.44. The molecule has 1 amide bonds. The van der Waals surface area contributed by atoms with Crippen molar-refractivity contribution < 1.29 is 9.53 Å². The molecule has 7 heteroatoms. The highest BCUT2D eigenvalue weighted by Gasteiger charge is 2.28. The lowest BCUT2D eigenvalue weighted by Gasteiger charge is -2.12. The zero-order valence-electron chi connectivity index (χ0n) is 12.0. The van der Waals surface area contributed by atoms with Gasteiger partial charge in [0.2, 0.25) is 11.7 Å². The van der Waals surface area contributed by atoms with Crippen LogP contribution in [0.5, 0.6) is 5.88 Å². The predicted octanol–water partition coefficient (Wildman–Crippen LogP) is 2.12. The summed E-state index contributed by atoms with van der Waals surface area (Å²) >= 11 is 0. The van der Waals surface area contributed by atoms with Crippen LogP contribution in [0.4, 0.5) is 5.69 Å². The summed E-state index contributed by atoms with van der Waals surface area (Å²) in [6, 6.07) is 3.47. The number of carbonyl (C=O) groups is 1. The first-order valence-corrected chi connectivity index (χ1v) is 6.99. The van der Waals surface area contributed by atoms with Crippen molar-refractivity contribution in [1.29, 1.82) is 0 Å². The van der Waals surface area contributed by atoms with Gasteiger partial charge < -0.3 is 10.1 Å². The van der Waals surface area contributed by atoms with Crippen molar-refractivity contribution in [3.05, 3.63) is 30.0 Å². The van der Waals surface area contributed by atoms with Gasteiger partial charge in [-0.25, -0.2) is 9.97 Å². The monoisotopic (exact) mass is 287 g/mol. The lowest BCUT2D eigenvalue weighted by molar-refractivity contribution is 0.101. The highest BCUT2D eigenvalue weighted by Crippen LogP contribution is 2.37. The lowest BCUT2D eigenvalue weighted by atomic mass is 10.3. The highest BCUT2D eigenvalue weighted by atomic mass is 16.5. The van der Waals surface area contributed by atoms with Crippen molar-refractivity contribution in [1.82, 2.24) is 20.2 Å². The number of aromatic amines is 1. The second kappa shape index (κ2) is 5.51. The van der Waals surface area contributed by atoms with Crippen LogP contribution in [0.1, 0.15) is 49.1 Å². The molecule has 0 aliphatic heterocycles. The van der Waals surface area contributed by atoms with Gasteiger partial charge in [-0.2, -0.15) is 0 Å². The summed E-state index contributed by atoms with van der Waals surface area (Å²) in [4.78, 5) is 20.5. The number of H-pyrrole nitrogens is 1. The van der Waals surface area contributed by atoms with E-state index in [1.165, 1.54) is 0 Å². The van der Waals surface area contributed by atoms with Crippen LogP contribution in [0.3, 0.4) is 0 Å². The SMILES string of the molecule is CC(C)Oc1ncccc1NC(=O)c1n[nH]c(C2CC2)n1. The Morgan fingerprint density at radius 1 is 1.48 bits per heavy atom. The molecule has 3 rings (SSSR count). The first kappa shape index (κ1) is 13.5. The topological polar surface area (TPSA) is 92.8 Å². The summed E-state index contributed by atoms with van der Waals surface area (Å²) in [7, 11) is 0. The third-order valence-electron chi connectivity index (χ3n) is 3.04. The smallest absolute Gasteiger partial charge is 0.295 e. The van der Waals surface area contributed by atoms with Crippen LogP contribution in [0.15, 0.2) is 18.3 Å². The molecule has 1 saturated carbocycles. The van der Waals surface area contributed by atoms with E-state index in [1.807, 2.05) is 13.8 Å². The van der Waals surface area contributed by atoms with Crippen LogP contribution >= 0.6 is 0 Å². The number of ether oxygens (including phenoxy) is 1. The van der Waals surface area contributed by atoms with Gasteiger partial charge in [0.1, 0.15) is 11.5 Å². The number of pyridine rings is 1. The zero-order valence-corrected chi connectivity index (χ0v) is 12.0. The van der Waals surface area contributed by atoms with Crippen molar-refractivity contribution in [2.75, 3.05) is 5.32 Å². The molecule has 2 aromatic rings. The Morgan fingerprint density at radius 3 is 3.00 bits per heavy atom. The third kappa shape index (κ3) is 3.18. The van der Waals surface area contributed by atoms with E-state index in [9.17, 15) is 4.79 Å². The molecule has 0 spiro atoms. The predicted molar refractivity (Wildman–Crippen MR) is 76.3 cm³/mol. The van der Waals surface area contributed by atoms with Crippen molar-refractivity contribution in [2.24, 2.45) is 0 Å². The number of nitrogens with zero attached hydrogens (tertiary/aromatic N) is 3. The summed E-state index contributed by atoms with van der Waals surface area (Å²) < 4.78 is 5.56. The maximum Gasteiger partial charge on any atom is 0.295 e. The van der Waals surface area contributed by atoms with Gasteiger partial charge in [0, 0.05) is 12.1 Å². The Kier molecular flexibility index (Phi) is 3.55. The quantitative estimate of drug-likeness (QED) is 0.878. The molecule has 2 N–H and O–H groups in total. The van der Waals surface area contributed by atoms with E-state index in [4.69, 9.17) is 4.74 Å². The molecule has 0 saturated heterocycles. The molecule has 0 radical (unpaired) electrons. The maximum atomic E-state index is 12.2. The number of hydrogen-bond acceptors (Lipinski definition) is 5. The highest BCUT2D eigenvalue weighted by molar-refractivity contribution is 6.02. The van der Waals surface area contributed by atoms with E-state index in [1.54, 1.807) is 18.3 Å². The van der Waals surface area contributed by atoms with Gasteiger partial charge in [0.25, 0.3) is 5.91 Å². The molecule has 2 heterocycles. The summed E-state index contributed by atoms with van der Waals surface area (Å²) in [6.07, 6.45) is 3.79. The average Bonchev–Trinajstić information content (AvgIpc) is 3.18. The molecule has 0 aromatic carbocycles. The number of anilines is 1. The van der Waals surface area contributed by atoms with Crippen LogP contribution in [-0.2, 0) is 0 Å². The van der Waals surface area contributed by atoms with Gasteiger partial charge in [-0.15, -0.1) is 5.10 Å². The zero-order chi connectivity index (χ0) is 14.8. The summed E-state index contributed by atoms with van der Waals surface area (Å²) in [5.41, 5.74) is 0.508. The fourth-order valence-electron chi connectivity index (χ4n) is 1.90. The Labute approximate surface area is 122 Å². The Morgan fingerprint density at radius 2 is 2.29 bits per heavy atom. The van der Waals surface area contributed by atoms with E-state index in [0.29, 0.717) is 17.5 Å². The molecular weight excluding hydrogens is 270 g/mol. The van der Waals surface area contributed by atoms with E-state index in [-0.39, 0.29) is 17.8 Å². The van der Waals surface area contributed by atoms with Crippen molar-refractivity contribution in [3.63, 3.8) is 0 Å². The molecule has 0 bridgehead atoms. The van der Waals surface area contributed by atoms with E-state index in [0.717, 1.165) is 18.7 Å². The number of hydrogen-bond donors (Lipinski definition) is 2. The van der Waals surface area contributed by atoms with Crippen LogP contribution < -0.4 is 10.1 Å². The maximum absolute atomic E-state index is 12.2. The fraction of sp³-hybridized carbons (Fsp3) is 0.429. The standard InChI is InChI=1S/C14H17N5O2/c1-8(2)21-14-10(4-3-7-15-14)16-13(20)12-17-11(18-19-12)9-5-6-9/h3-4,7-9H,5-6H2,1-2H3,(H,16,20)(H,17,18,19). The van der Waals surface area contributed by atoms with Gasteiger partial charge in [-0.05, 0) is 38.8 Å². The summed E-state index contributed by atoms with van der Waals surface area (Å²) in [5, 5.41) is 9.50. The van der Waals surface area contributed by atoms with Gasteiger partial charge in [-0.3, -0.25) is 9.89 Å². The van der Waals surface area contributed by atoms with Crippen molar-refractivity contribution in [2.45, 2.75) is 38.7 Å². The third-order valence-corrected chi connectivity index (χ3v) is 3.04. The average molecular weight is 287 g/mol. The van der Waals surface area contributed by atoms with Crippen molar-refractivity contribution in [3.8, 4) is 5.88 Å². The number of carbonyl (C=O) groups excluding carboxylic acids is 1. The van der Waals surface area contributed by atoms with Crippen LogP contribution in [0.2, 0.25) is 0 Å². The summed E-state index contributed by atoms with van der Waals surface area (Å²) in [5.74, 6) is 1.36. The first-order chi connectivity index (χ1) is 10.1.